The fourth-order valence-corrected chi connectivity index (χ4v) is 6.66. The molecule has 0 radical (unpaired) electrons. The molecule has 12 heteroatoms. The summed E-state index contributed by atoms with van der Waals surface area (Å²) in [5.74, 6) is -0.860. The van der Waals surface area contributed by atoms with Crippen LogP contribution in [0.2, 0.25) is 10.0 Å². The molecule has 0 amide bonds. The summed E-state index contributed by atoms with van der Waals surface area (Å²) >= 11 is 13.0. The van der Waals surface area contributed by atoms with Crippen molar-refractivity contribution in [2.45, 2.75) is 69.2 Å². The Bertz CT molecular complexity index is 1600. The number of halogens is 3. The lowest BCUT2D eigenvalue weighted by Crippen LogP contribution is -2.45. The highest BCUT2D eigenvalue weighted by molar-refractivity contribution is 6.39. The number of rotatable bonds is 8. The summed E-state index contributed by atoms with van der Waals surface area (Å²) < 4.78 is 32.4. The fourth-order valence-electron chi connectivity index (χ4n) is 6.08. The lowest BCUT2D eigenvalue weighted by Gasteiger charge is -2.37. The molecule has 2 aromatic carbocycles. The average Bonchev–Trinajstić information content (AvgIpc) is 3.41. The summed E-state index contributed by atoms with van der Waals surface area (Å²) in [6.07, 6.45) is 5.62. The van der Waals surface area contributed by atoms with E-state index in [2.05, 4.69) is 20.3 Å². The third-order valence-corrected chi connectivity index (χ3v) is 8.83. The molecule has 2 aromatic heterocycles. The van der Waals surface area contributed by atoms with Crippen molar-refractivity contribution >= 4 is 35.2 Å². The predicted octanol–water partition coefficient (Wildman–Crippen LogP) is 7.13. The number of nitrogens with zero attached hydrogens (tertiary/aromatic N) is 4. The molecule has 3 atom stereocenters. The van der Waals surface area contributed by atoms with Crippen molar-refractivity contribution in [3.8, 4) is 22.7 Å². The van der Waals surface area contributed by atoms with Crippen LogP contribution < -0.4 is 4.90 Å². The molecule has 0 unspecified atom stereocenters. The van der Waals surface area contributed by atoms with E-state index in [0.717, 1.165) is 55.9 Å². The van der Waals surface area contributed by atoms with Crippen molar-refractivity contribution in [2.75, 3.05) is 4.90 Å². The summed E-state index contributed by atoms with van der Waals surface area (Å²) in [6.45, 7) is 0.346. The lowest BCUT2D eigenvalue weighted by molar-refractivity contribution is 0.0139. The van der Waals surface area contributed by atoms with Gasteiger partial charge >= 0.3 is 12.0 Å². The van der Waals surface area contributed by atoms with Crippen LogP contribution >= 0.6 is 23.2 Å². The van der Waals surface area contributed by atoms with Gasteiger partial charge in [0.25, 0.3) is 0 Å². The zero-order valence-electron chi connectivity index (χ0n) is 21.7. The molecule has 9 nitrogen and oxygen atoms in total. The third-order valence-electron chi connectivity index (χ3n) is 8.20. The number of hydrogen-bond acceptors (Lipinski definition) is 8. The average molecular weight is 599 g/mol. The monoisotopic (exact) mass is 598 g/mol. The van der Waals surface area contributed by atoms with Crippen LogP contribution in [0.15, 0.2) is 45.3 Å². The van der Waals surface area contributed by atoms with E-state index in [4.69, 9.17) is 42.0 Å². The number of aromatic nitrogens is 3. The topological polar surface area (TPSA) is 115 Å². The second-order valence-corrected chi connectivity index (χ2v) is 11.6. The van der Waals surface area contributed by atoms with Crippen LogP contribution in [-0.2, 0) is 11.3 Å². The standard InChI is InChI=1S/C29H25Cl2FN4O5/c30-21-2-1-3-22(31)24(21)25-20(26(41-35-25)14-4-5-14)13-39-18-11-16-7-8-17(12-18)36(16)29-34-33-27(40-29)15-6-9-19(28(37)38)23(32)10-15/h1-3,6,9-10,14,16-18H,4-5,7-8,11-13H2,(H,37,38)/t16-,17+,18+. The number of carbonyl (C=O) groups is 1. The first-order valence-corrected chi connectivity index (χ1v) is 14.3. The first kappa shape index (κ1) is 26.4. The van der Waals surface area contributed by atoms with Crippen molar-refractivity contribution in [3.63, 3.8) is 0 Å². The van der Waals surface area contributed by atoms with Gasteiger partial charge in [-0.1, -0.05) is 39.5 Å². The van der Waals surface area contributed by atoms with E-state index < -0.39 is 17.3 Å². The maximum Gasteiger partial charge on any atom is 0.338 e. The van der Waals surface area contributed by atoms with E-state index in [1.54, 1.807) is 18.2 Å². The quantitative estimate of drug-likeness (QED) is 0.226. The van der Waals surface area contributed by atoms with Crippen LogP contribution in [0, 0.1) is 5.82 Å². The molecule has 0 spiro atoms. The van der Waals surface area contributed by atoms with E-state index in [1.165, 1.54) is 12.1 Å². The molecular weight excluding hydrogens is 574 g/mol. The summed E-state index contributed by atoms with van der Waals surface area (Å²) in [5.41, 5.74) is 2.11. The van der Waals surface area contributed by atoms with Crippen LogP contribution in [0.5, 0.6) is 0 Å². The third kappa shape index (κ3) is 4.87. The lowest BCUT2D eigenvalue weighted by atomic mass is 10.00. The molecule has 41 heavy (non-hydrogen) atoms. The van der Waals surface area contributed by atoms with Gasteiger partial charge in [-0.2, -0.15) is 0 Å². The number of ether oxygens (including phenoxy) is 1. The zero-order chi connectivity index (χ0) is 28.2. The van der Waals surface area contributed by atoms with Crippen LogP contribution in [0.1, 0.15) is 66.1 Å². The molecule has 3 fully saturated rings. The zero-order valence-corrected chi connectivity index (χ0v) is 23.2. The van der Waals surface area contributed by atoms with Gasteiger partial charge in [-0.05, 0) is 68.9 Å². The number of piperidine rings is 1. The second kappa shape index (κ2) is 10.4. The molecule has 1 aliphatic carbocycles. The Morgan fingerprint density at radius 2 is 1.80 bits per heavy atom. The van der Waals surface area contributed by atoms with Gasteiger partial charge in [-0.25, -0.2) is 9.18 Å². The second-order valence-electron chi connectivity index (χ2n) is 10.8. The van der Waals surface area contributed by atoms with Crippen molar-refractivity contribution in [1.82, 2.24) is 15.4 Å². The van der Waals surface area contributed by atoms with Gasteiger partial charge in [0.05, 0.1) is 28.3 Å². The fraction of sp³-hybridized carbons (Fsp3) is 0.379. The van der Waals surface area contributed by atoms with Gasteiger partial charge in [0.15, 0.2) is 0 Å². The van der Waals surface area contributed by atoms with Crippen LogP contribution in [-0.4, -0.2) is 44.6 Å². The maximum atomic E-state index is 14.2. The number of benzene rings is 2. The van der Waals surface area contributed by atoms with Gasteiger partial charge in [0, 0.05) is 34.7 Å². The molecule has 2 saturated heterocycles. The van der Waals surface area contributed by atoms with Crippen LogP contribution in [0.25, 0.3) is 22.7 Å². The minimum Gasteiger partial charge on any atom is -0.478 e. The Labute approximate surface area is 244 Å². The normalized spacial score (nSPS) is 21.9. The van der Waals surface area contributed by atoms with Crippen molar-refractivity contribution in [2.24, 2.45) is 0 Å². The van der Waals surface area contributed by atoms with Gasteiger partial charge in [-0.3, -0.25) is 0 Å². The first-order valence-electron chi connectivity index (χ1n) is 13.6. The highest BCUT2D eigenvalue weighted by atomic mass is 35.5. The smallest absolute Gasteiger partial charge is 0.338 e. The maximum absolute atomic E-state index is 14.2. The van der Waals surface area contributed by atoms with Gasteiger partial charge in [0.2, 0.25) is 5.89 Å². The molecule has 4 aromatic rings. The Morgan fingerprint density at radius 1 is 1.07 bits per heavy atom. The molecule has 1 saturated carbocycles. The highest BCUT2D eigenvalue weighted by Crippen LogP contribution is 2.47. The number of carboxylic acid groups (broad SMARTS) is 1. The molecule has 212 valence electrons. The van der Waals surface area contributed by atoms with Gasteiger partial charge < -0.3 is 23.7 Å². The molecule has 7 rings (SSSR count). The van der Waals surface area contributed by atoms with E-state index in [9.17, 15) is 9.18 Å². The number of fused-ring (bicyclic) bond motifs is 2. The van der Waals surface area contributed by atoms with Crippen molar-refractivity contribution < 1.29 is 28.0 Å². The van der Waals surface area contributed by atoms with Crippen LogP contribution in [0.3, 0.4) is 0 Å². The molecule has 1 N–H and O–H groups in total. The Hall–Kier alpha value is -3.47. The number of hydrogen-bond donors (Lipinski definition) is 1. The number of carboxylic acids is 1. The van der Waals surface area contributed by atoms with E-state index in [0.29, 0.717) is 45.4 Å². The largest absolute Gasteiger partial charge is 0.478 e. The summed E-state index contributed by atoms with van der Waals surface area (Å²) in [4.78, 5) is 13.3. The van der Waals surface area contributed by atoms with Gasteiger partial charge in [0.1, 0.15) is 17.3 Å². The van der Waals surface area contributed by atoms with E-state index >= 15 is 0 Å². The van der Waals surface area contributed by atoms with Crippen LogP contribution in [0.4, 0.5) is 10.4 Å². The van der Waals surface area contributed by atoms with Gasteiger partial charge in [-0.15, -0.1) is 5.10 Å². The molecule has 2 aliphatic heterocycles. The van der Waals surface area contributed by atoms with E-state index in [1.807, 2.05) is 0 Å². The van der Waals surface area contributed by atoms with Crippen molar-refractivity contribution in [1.29, 1.82) is 0 Å². The summed E-state index contributed by atoms with van der Waals surface area (Å²) in [5, 5.41) is 22.8. The van der Waals surface area contributed by atoms with Crippen molar-refractivity contribution in [3.05, 3.63) is 69.1 Å². The Morgan fingerprint density at radius 3 is 2.46 bits per heavy atom. The molecule has 2 bridgehead atoms. The number of aromatic carboxylic acids is 1. The molecular formula is C29H25Cl2FN4O5. The Balaban J connectivity index is 1.07. The minimum atomic E-state index is -1.33. The summed E-state index contributed by atoms with van der Waals surface area (Å²) in [6, 6.07) is 9.81. The summed E-state index contributed by atoms with van der Waals surface area (Å²) in [7, 11) is 0. The molecule has 4 heterocycles. The minimum absolute atomic E-state index is 0.0142. The van der Waals surface area contributed by atoms with E-state index in [-0.39, 0.29) is 24.1 Å². The predicted molar refractivity (Wildman–Crippen MR) is 148 cm³/mol. The first-order chi connectivity index (χ1) is 19.9. The Kier molecular flexibility index (Phi) is 6.72. The SMILES string of the molecule is O=C(O)c1ccc(-c2nnc(N3[C@@H]4CC[C@H]3C[C@@H](OCc3c(-c5c(Cl)cccc5Cl)noc3C3CC3)C4)o2)cc1F. The number of anilines is 1. The molecule has 3 aliphatic rings. The highest BCUT2D eigenvalue weighted by Gasteiger charge is 2.44.